The molecule has 22 heavy (non-hydrogen) atoms. The summed E-state index contributed by atoms with van der Waals surface area (Å²) in [5.41, 5.74) is 1.84. The van der Waals surface area contributed by atoms with Gasteiger partial charge >= 0.3 is 0 Å². The van der Waals surface area contributed by atoms with E-state index >= 15 is 0 Å². The van der Waals surface area contributed by atoms with Gasteiger partial charge in [0.25, 0.3) is 0 Å². The highest BCUT2D eigenvalue weighted by Gasteiger charge is 2.42. The maximum atomic E-state index is 4.87. The molecule has 0 saturated heterocycles. The van der Waals surface area contributed by atoms with E-state index in [0.717, 1.165) is 38.3 Å². The van der Waals surface area contributed by atoms with Crippen molar-refractivity contribution in [1.29, 1.82) is 0 Å². The molecule has 2 aliphatic carbocycles. The van der Waals surface area contributed by atoms with Crippen molar-refractivity contribution in [3.63, 3.8) is 0 Å². The first kappa shape index (κ1) is 15.1. The molecule has 2 aliphatic rings. The molecule has 1 saturated carbocycles. The molecule has 0 unspecified atom stereocenters. The van der Waals surface area contributed by atoms with Gasteiger partial charge in [0.2, 0.25) is 0 Å². The molecule has 0 bridgehead atoms. The quantitative estimate of drug-likeness (QED) is 0.480. The molecular formula is C19H27N3. The summed E-state index contributed by atoms with van der Waals surface area (Å²) in [5.74, 6) is 0.982. The van der Waals surface area contributed by atoms with Gasteiger partial charge in [-0.15, -0.1) is 0 Å². The lowest BCUT2D eigenvalue weighted by Crippen LogP contribution is -2.42. The molecule has 2 N–H and O–H groups in total. The summed E-state index contributed by atoms with van der Waals surface area (Å²) in [6.45, 7) is 3.97. The van der Waals surface area contributed by atoms with Crippen LogP contribution in [0.2, 0.25) is 0 Å². The van der Waals surface area contributed by atoms with Crippen molar-refractivity contribution in [3.05, 3.63) is 48.0 Å². The van der Waals surface area contributed by atoms with E-state index in [4.69, 9.17) is 4.99 Å². The summed E-state index contributed by atoms with van der Waals surface area (Å²) in [7, 11) is 0. The van der Waals surface area contributed by atoms with Crippen LogP contribution in [-0.2, 0) is 6.42 Å². The van der Waals surface area contributed by atoms with E-state index < -0.39 is 0 Å². The van der Waals surface area contributed by atoms with Crippen LogP contribution in [0.4, 0.5) is 0 Å². The summed E-state index contributed by atoms with van der Waals surface area (Å²) >= 11 is 0. The van der Waals surface area contributed by atoms with Crippen LogP contribution in [-0.4, -0.2) is 25.1 Å². The van der Waals surface area contributed by atoms with Crippen molar-refractivity contribution < 1.29 is 0 Å². The first-order valence-corrected chi connectivity index (χ1v) is 8.53. The standard InChI is InChI=1S/C19H27N3/c1-2-20-18(22-17-10-6-7-11-17)21-15-19(12-13-19)14-16-8-4-3-5-9-16/h3-9,17H,2,10-15H2,1H3,(H2,20,21,22). The van der Waals surface area contributed by atoms with Crippen molar-refractivity contribution in [2.45, 2.75) is 45.1 Å². The minimum Gasteiger partial charge on any atom is -0.357 e. The Balaban J connectivity index is 1.57. The van der Waals surface area contributed by atoms with Gasteiger partial charge in [-0.05, 0) is 50.0 Å². The van der Waals surface area contributed by atoms with Crippen LogP contribution in [0.15, 0.2) is 47.5 Å². The number of rotatable bonds is 6. The second-order valence-electron chi connectivity index (χ2n) is 6.64. The Morgan fingerprint density at radius 1 is 1.18 bits per heavy atom. The molecule has 1 fully saturated rings. The normalized spacial score (nSPS) is 20.1. The van der Waals surface area contributed by atoms with Crippen LogP contribution >= 0.6 is 0 Å². The van der Waals surface area contributed by atoms with Crippen molar-refractivity contribution in [2.24, 2.45) is 10.4 Å². The Labute approximate surface area is 133 Å². The molecule has 3 nitrogen and oxygen atoms in total. The molecule has 1 aromatic rings. The third-order valence-electron chi connectivity index (χ3n) is 4.64. The predicted molar refractivity (Wildman–Crippen MR) is 93.1 cm³/mol. The molecule has 0 aliphatic heterocycles. The molecule has 0 spiro atoms. The lowest BCUT2D eigenvalue weighted by atomic mass is 9.97. The Morgan fingerprint density at radius 2 is 1.91 bits per heavy atom. The fraction of sp³-hybridized carbons (Fsp3) is 0.526. The Morgan fingerprint density at radius 3 is 2.55 bits per heavy atom. The monoisotopic (exact) mass is 297 g/mol. The maximum absolute atomic E-state index is 4.87. The van der Waals surface area contributed by atoms with Gasteiger partial charge in [-0.3, -0.25) is 4.99 Å². The maximum Gasteiger partial charge on any atom is 0.191 e. The zero-order chi connectivity index (χ0) is 15.3. The zero-order valence-electron chi connectivity index (χ0n) is 13.5. The molecule has 1 aromatic carbocycles. The van der Waals surface area contributed by atoms with Crippen LogP contribution < -0.4 is 10.6 Å². The summed E-state index contributed by atoms with van der Waals surface area (Å²) in [6, 6.07) is 11.3. The van der Waals surface area contributed by atoms with E-state index in [1.54, 1.807) is 0 Å². The van der Waals surface area contributed by atoms with Gasteiger partial charge in [0.1, 0.15) is 0 Å². The topological polar surface area (TPSA) is 36.4 Å². The average molecular weight is 297 g/mol. The number of nitrogens with zero attached hydrogens (tertiary/aromatic N) is 1. The largest absolute Gasteiger partial charge is 0.357 e. The summed E-state index contributed by atoms with van der Waals surface area (Å²) in [4.78, 5) is 4.87. The predicted octanol–water partition coefficient (Wildman–Crippen LogP) is 3.28. The minimum atomic E-state index is 0.400. The lowest BCUT2D eigenvalue weighted by Gasteiger charge is -2.18. The molecule has 118 valence electrons. The van der Waals surface area contributed by atoms with Crippen LogP contribution in [0.25, 0.3) is 0 Å². The van der Waals surface area contributed by atoms with Gasteiger partial charge in [-0.1, -0.05) is 42.5 Å². The zero-order valence-corrected chi connectivity index (χ0v) is 13.5. The van der Waals surface area contributed by atoms with Gasteiger partial charge in [0, 0.05) is 19.1 Å². The number of nitrogens with one attached hydrogen (secondary N) is 2. The smallest absolute Gasteiger partial charge is 0.191 e. The molecule has 0 amide bonds. The SMILES string of the molecule is CCNC(=NCC1(Cc2ccccc2)CC1)NC1CC=CC1. The van der Waals surface area contributed by atoms with Crippen molar-refractivity contribution in [2.75, 3.05) is 13.1 Å². The van der Waals surface area contributed by atoms with Gasteiger partial charge < -0.3 is 10.6 Å². The molecular weight excluding hydrogens is 270 g/mol. The van der Waals surface area contributed by atoms with E-state index in [9.17, 15) is 0 Å². The van der Waals surface area contributed by atoms with Crippen LogP contribution in [0.5, 0.6) is 0 Å². The van der Waals surface area contributed by atoms with Crippen molar-refractivity contribution >= 4 is 5.96 Å². The highest BCUT2D eigenvalue weighted by molar-refractivity contribution is 5.80. The summed E-state index contributed by atoms with van der Waals surface area (Å²) in [5, 5.41) is 6.94. The lowest BCUT2D eigenvalue weighted by molar-refractivity contribution is 0.517. The number of hydrogen-bond acceptors (Lipinski definition) is 1. The van der Waals surface area contributed by atoms with E-state index in [1.165, 1.54) is 18.4 Å². The summed E-state index contributed by atoms with van der Waals surface area (Å²) < 4.78 is 0. The molecule has 0 atom stereocenters. The molecule has 3 rings (SSSR count). The third kappa shape index (κ3) is 4.12. The van der Waals surface area contributed by atoms with Gasteiger partial charge in [-0.2, -0.15) is 0 Å². The first-order valence-electron chi connectivity index (χ1n) is 8.53. The van der Waals surface area contributed by atoms with Crippen molar-refractivity contribution in [3.8, 4) is 0 Å². The Hall–Kier alpha value is -1.77. The third-order valence-corrected chi connectivity index (χ3v) is 4.64. The molecule has 0 radical (unpaired) electrons. The minimum absolute atomic E-state index is 0.400. The highest BCUT2D eigenvalue weighted by Crippen LogP contribution is 2.48. The van der Waals surface area contributed by atoms with E-state index in [2.05, 4.69) is 60.0 Å². The second-order valence-corrected chi connectivity index (χ2v) is 6.64. The fourth-order valence-corrected chi connectivity index (χ4v) is 3.09. The van der Waals surface area contributed by atoms with Crippen LogP contribution in [0.1, 0.15) is 38.2 Å². The summed E-state index contributed by atoms with van der Waals surface area (Å²) in [6.07, 6.45) is 10.5. The van der Waals surface area contributed by atoms with Crippen LogP contribution in [0, 0.1) is 5.41 Å². The molecule has 0 heterocycles. The van der Waals surface area contributed by atoms with E-state index in [0.29, 0.717) is 11.5 Å². The fourth-order valence-electron chi connectivity index (χ4n) is 3.09. The highest BCUT2D eigenvalue weighted by atomic mass is 15.2. The Bertz CT molecular complexity index is 521. The Kier molecular flexibility index (Phi) is 4.81. The number of guanidine groups is 1. The van der Waals surface area contributed by atoms with Gasteiger partial charge in [-0.25, -0.2) is 0 Å². The number of benzene rings is 1. The van der Waals surface area contributed by atoms with Crippen LogP contribution in [0.3, 0.4) is 0 Å². The molecule has 0 aromatic heterocycles. The number of aliphatic imine (C=N–C) groups is 1. The molecule has 3 heteroatoms. The first-order chi connectivity index (χ1) is 10.8. The number of hydrogen-bond donors (Lipinski definition) is 2. The van der Waals surface area contributed by atoms with Gasteiger partial charge in [0.05, 0.1) is 0 Å². The second kappa shape index (κ2) is 6.99. The average Bonchev–Trinajstić information content (AvgIpc) is 3.09. The van der Waals surface area contributed by atoms with Gasteiger partial charge in [0.15, 0.2) is 5.96 Å². The van der Waals surface area contributed by atoms with E-state index in [1.807, 2.05) is 0 Å². The van der Waals surface area contributed by atoms with E-state index in [-0.39, 0.29) is 0 Å². The van der Waals surface area contributed by atoms with Crippen molar-refractivity contribution in [1.82, 2.24) is 10.6 Å².